The quantitative estimate of drug-likeness (QED) is 0.849. The van der Waals surface area contributed by atoms with Crippen molar-refractivity contribution in [1.82, 2.24) is 10.6 Å². The van der Waals surface area contributed by atoms with Gasteiger partial charge in [0.15, 0.2) is 0 Å². The summed E-state index contributed by atoms with van der Waals surface area (Å²) >= 11 is 5.78. The first-order valence-electron chi connectivity index (χ1n) is 5.43. The smallest absolute Gasteiger partial charge is 0.234 e. The Morgan fingerprint density at radius 1 is 1.47 bits per heavy atom. The minimum Gasteiger partial charge on any atom is -0.353 e. The molecule has 0 atom stereocenters. The largest absolute Gasteiger partial charge is 0.353 e. The molecule has 17 heavy (non-hydrogen) atoms. The van der Waals surface area contributed by atoms with Gasteiger partial charge < -0.3 is 10.6 Å². The second kappa shape index (κ2) is 6.57. The van der Waals surface area contributed by atoms with Gasteiger partial charge in [0, 0.05) is 12.6 Å². The minimum absolute atomic E-state index is 0.0903. The van der Waals surface area contributed by atoms with E-state index in [1.165, 1.54) is 6.07 Å². The predicted molar refractivity (Wildman–Crippen MR) is 66.4 cm³/mol. The summed E-state index contributed by atoms with van der Waals surface area (Å²) in [6.45, 7) is 4.33. The van der Waals surface area contributed by atoms with Crippen LogP contribution < -0.4 is 10.6 Å². The highest BCUT2D eigenvalue weighted by atomic mass is 35.5. The molecule has 0 aliphatic carbocycles. The zero-order valence-corrected chi connectivity index (χ0v) is 10.6. The molecule has 0 aliphatic rings. The summed E-state index contributed by atoms with van der Waals surface area (Å²) in [4.78, 5) is 11.3. The summed E-state index contributed by atoms with van der Waals surface area (Å²) in [5.41, 5.74) is 0.643. The van der Waals surface area contributed by atoms with Crippen LogP contribution in [0.4, 0.5) is 4.39 Å². The molecule has 3 nitrogen and oxygen atoms in total. The number of carbonyl (C=O) groups is 1. The third-order valence-electron chi connectivity index (χ3n) is 2.08. The molecule has 2 N–H and O–H groups in total. The Balaban J connectivity index is 2.41. The number of carbonyl (C=O) groups excluding carboxylic acids is 1. The lowest BCUT2D eigenvalue weighted by molar-refractivity contribution is -0.120. The number of hydrogen-bond acceptors (Lipinski definition) is 2. The highest BCUT2D eigenvalue weighted by Crippen LogP contribution is 2.19. The average molecular weight is 259 g/mol. The minimum atomic E-state index is -0.447. The number of amides is 1. The van der Waals surface area contributed by atoms with Crippen LogP contribution in [0.5, 0.6) is 0 Å². The fourth-order valence-corrected chi connectivity index (χ4v) is 1.56. The Morgan fingerprint density at radius 3 is 2.82 bits per heavy atom. The van der Waals surface area contributed by atoms with E-state index in [0.29, 0.717) is 12.1 Å². The molecule has 0 unspecified atom stereocenters. The molecule has 94 valence electrons. The van der Waals surface area contributed by atoms with Crippen LogP contribution in [-0.2, 0) is 11.3 Å². The maximum absolute atomic E-state index is 13.1. The molecular formula is C12H16ClFN2O. The molecule has 0 radical (unpaired) electrons. The summed E-state index contributed by atoms with van der Waals surface area (Å²) in [5.74, 6) is -0.537. The van der Waals surface area contributed by atoms with Crippen LogP contribution in [0.2, 0.25) is 5.02 Å². The Bertz CT molecular complexity index is 396. The third kappa shape index (κ3) is 4.71. The Kier molecular flexibility index (Phi) is 5.38. The normalized spacial score (nSPS) is 10.6. The molecule has 1 aromatic rings. The predicted octanol–water partition coefficient (Wildman–Crippen LogP) is 2.09. The van der Waals surface area contributed by atoms with E-state index in [1.807, 2.05) is 13.8 Å². The topological polar surface area (TPSA) is 41.1 Å². The summed E-state index contributed by atoms with van der Waals surface area (Å²) in [6, 6.07) is 4.73. The Morgan fingerprint density at radius 2 is 2.18 bits per heavy atom. The number of nitrogens with one attached hydrogen (secondary N) is 2. The molecule has 5 heteroatoms. The van der Waals surface area contributed by atoms with Gasteiger partial charge in [-0.1, -0.05) is 23.7 Å². The highest BCUT2D eigenvalue weighted by molar-refractivity contribution is 6.31. The molecule has 1 amide bonds. The van der Waals surface area contributed by atoms with Crippen molar-refractivity contribution in [1.29, 1.82) is 0 Å². The van der Waals surface area contributed by atoms with Crippen molar-refractivity contribution in [3.05, 3.63) is 34.6 Å². The number of benzene rings is 1. The van der Waals surface area contributed by atoms with Crippen LogP contribution in [0.25, 0.3) is 0 Å². The van der Waals surface area contributed by atoms with Crippen molar-refractivity contribution in [2.45, 2.75) is 26.4 Å². The van der Waals surface area contributed by atoms with Crippen molar-refractivity contribution < 1.29 is 9.18 Å². The first-order valence-corrected chi connectivity index (χ1v) is 5.81. The van der Waals surface area contributed by atoms with E-state index < -0.39 is 5.82 Å². The van der Waals surface area contributed by atoms with Gasteiger partial charge in [-0.05, 0) is 25.5 Å². The lowest BCUT2D eigenvalue weighted by Gasteiger charge is -2.10. The van der Waals surface area contributed by atoms with E-state index in [9.17, 15) is 9.18 Å². The lowest BCUT2D eigenvalue weighted by atomic mass is 10.2. The SMILES string of the molecule is CC(C)NC(=O)CNCc1cccc(F)c1Cl. The van der Waals surface area contributed by atoms with E-state index in [4.69, 9.17) is 11.6 Å². The van der Waals surface area contributed by atoms with Gasteiger partial charge in [0.05, 0.1) is 11.6 Å². The summed E-state index contributed by atoms with van der Waals surface area (Å²) in [6.07, 6.45) is 0. The molecule has 0 spiro atoms. The van der Waals surface area contributed by atoms with Gasteiger partial charge in [-0.2, -0.15) is 0 Å². The van der Waals surface area contributed by atoms with Gasteiger partial charge in [0.1, 0.15) is 5.82 Å². The van der Waals surface area contributed by atoms with Gasteiger partial charge in [-0.15, -0.1) is 0 Å². The van der Waals surface area contributed by atoms with Gasteiger partial charge >= 0.3 is 0 Å². The van der Waals surface area contributed by atoms with Gasteiger partial charge in [-0.3, -0.25) is 4.79 Å². The molecule has 0 aliphatic heterocycles. The first-order chi connectivity index (χ1) is 8.00. The van der Waals surface area contributed by atoms with Crippen LogP contribution in [0.1, 0.15) is 19.4 Å². The maximum Gasteiger partial charge on any atom is 0.234 e. The highest BCUT2D eigenvalue weighted by Gasteiger charge is 2.06. The molecule has 0 heterocycles. The molecule has 1 aromatic carbocycles. The van der Waals surface area contributed by atoms with Crippen molar-refractivity contribution in [2.24, 2.45) is 0 Å². The van der Waals surface area contributed by atoms with Crippen molar-refractivity contribution in [3.8, 4) is 0 Å². The number of rotatable bonds is 5. The molecule has 0 saturated heterocycles. The molecular weight excluding hydrogens is 243 g/mol. The van der Waals surface area contributed by atoms with Crippen molar-refractivity contribution >= 4 is 17.5 Å². The third-order valence-corrected chi connectivity index (χ3v) is 2.51. The van der Waals surface area contributed by atoms with Crippen LogP contribution >= 0.6 is 11.6 Å². The van der Waals surface area contributed by atoms with Crippen LogP contribution in [0.3, 0.4) is 0 Å². The number of hydrogen-bond donors (Lipinski definition) is 2. The summed E-state index contributed by atoms with van der Waals surface area (Å²) in [7, 11) is 0. The Labute approximate surface area is 105 Å². The van der Waals surface area contributed by atoms with E-state index in [2.05, 4.69) is 10.6 Å². The fourth-order valence-electron chi connectivity index (χ4n) is 1.37. The van der Waals surface area contributed by atoms with E-state index >= 15 is 0 Å². The zero-order chi connectivity index (χ0) is 12.8. The van der Waals surface area contributed by atoms with Gasteiger partial charge in [0.2, 0.25) is 5.91 Å². The zero-order valence-electron chi connectivity index (χ0n) is 9.89. The van der Waals surface area contributed by atoms with Gasteiger partial charge in [0.25, 0.3) is 0 Å². The van der Waals surface area contributed by atoms with Gasteiger partial charge in [-0.25, -0.2) is 4.39 Å². The van der Waals surface area contributed by atoms with E-state index in [1.54, 1.807) is 12.1 Å². The molecule has 1 rings (SSSR count). The van der Waals surface area contributed by atoms with Crippen LogP contribution in [0, 0.1) is 5.82 Å². The fraction of sp³-hybridized carbons (Fsp3) is 0.417. The van der Waals surface area contributed by atoms with Crippen LogP contribution in [0.15, 0.2) is 18.2 Å². The first kappa shape index (κ1) is 13.9. The van der Waals surface area contributed by atoms with Crippen molar-refractivity contribution in [2.75, 3.05) is 6.54 Å². The molecule has 0 aromatic heterocycles. The Hall–Kier alpha value is -1.13. The van der Waals surface area contributed by atoms with Crippen LogP contribution in [-0.4, -0.2) is 18.5 Å². The average Bonchev–Trinajstić information content (AvgIpc) is 2.23. The molecule has 0 saturated carbocycles. The second-order valence-corrected chi connectivity index (χ2v) is 4.42. The van der Waals surface area contributed by atoms with E-state index in [0.717, 1.165) is 0 Å². The van der Waals surface area contributed by atoms with Crippen molar-refractivity contribution in [3.63, 3.8) is 0 Å². The summed E-state index contributed by atoms with van der Waals surface area (Å²) in [5, 5.41) is 5.76. The molecule has 0 fully saturated rings. The number of halogens is 2. The summed E-state index contributed by atoms with van der Waals surface area (Å²) < 4.78 is 13.1. The molecule has 0 bridgehead atoms. The lowest BCUT2D eigenvalue weighted by Crippen LogP contribution is -2.37. The second-order valence-electron chi connectivity index (χ2n) is 4.04. The maximum atomic E-state index is 13.1. The van der Waals surface area contributed by atoms with E-state index in [-0.39, 0.29) is 23.5 Å². The monoisotopic (exact) mass is 258 g/mol. The standard InChI is InChI=1S/C12H16ClFN2O/c1-8(2)16-11(17)7-15-6-9-4-3-5-10(14)12(9)13/h3-5,8,15H,6-7H2,1-2H3,(H,16,17).